The fourth-order valence-electron chi connectivity index (χ4n) is 3.82. The largest absolute Gasteiger partial charge is 0.497 e. The van der Waals surface area contributed by atoms with Crippen molar-refractivity contribution in [2.75, 3.05) is 7.11 Å². The Labute approximate surface area is 183 Å². The molecule has 1 fully saturated rings. The highest BCUT2D eigenvalue weighted by molar-refractivity contribution is 6.32. The summed E-state index contributed by atoms with van der Waals surface area (Å²) in [5, 5.41) is 3.88. The van der Waals surface area contributed by atoms with Crippen LogP contribution >= 0.6 is 11.6 Å². The van der Waals surface area contributed by atoms with Crippen molar-refractivity contribution >= 4 is 34.5 Å². The minimum atomic E-state index is -1.23. The van der Waals surface area contributed by atoms with Crippen LogP contribution in [0.15, 0.2) is 51.7 Å². The highest BCUT2D eigenvalue weighted by Crippen LogP contribution is 2.32. The summed E-state index contributed by atoms with van der Waals surface area (Å²) in [4.78, 5) is 39.2. The lowest BCUT2D eigenvalue weighted by molar-refractivity contribution is -0.131. The summed E-state index contributed by atoms with van der Waals surface area (Å²) in [6.07, 6.45) is 0.677. The van der Waals surface area contributed by atoms with Gasteiger partial charge in [0.2, 0.25) is 0 Å². The lowest BCUT2D eigenvalue weighted by atomic mass is 9.92. The molecule has 4 rings (SSSR count). The van der Waals surface area contributed by atoms with Crippen LogP contribution in [-0.4, -0.2) is 23.9 Å². The topological polar surface area (TPSA) is 88.8 Å². The molecular weight excluding hydrogens is 420 g/mol. The quantitative estimate of drug-likeness (QED) is 0.478. The first-order valence-corrected chi connectivity index (χ1v) is 10.2. The number of amides is 3. The lowest BCUT2D eigenvalue weighted by Gasteiger charge is -2.22. The number of fused-ring (bicyclic) bond motifs is 1. The zero-order valence-electron chi connectivity index (χ0n) is 17.3. The predicted octanol–water partition coefficient (Wildman–Crippen LogP) is 3.98. The first-order valence-electron chi connectivity index (χ1n) is 9.80. The van der Waals surface area contributed by atoms with Gasteiger partial charge in [-0.2, -0.15) is 0 Å². The smallest absolute Gasteiger partial charge is 0.336 e. The number of halogens is 1. The number of carbonyl (C=O) groups is 2. The third kappa shape index (κ3) is 3.55. The summed E-state index contributed by atoms with van der Waals surface area (Å²) in [5.41, 5.74) is 0.536. The Hall–Kier alpha value is -3.32. The number of urea groups is 1. The molecule has 1 aliphatic rings. The average Bonchev–Trinajstić information content (AvgIpc) is 2.97. The van der Waals surface area contributed by atoms with Gasteiger partial charge in [0.15, 0.2) is 0 Å². The number of benzene rings is 2. The van der Waals surface area contributed by atoms with E-state index in [2.05, 4.69) is 5.32 Å². The average molecular weight is 441 g/mol. The van der Waals surface area contributed by atoms with E-state index >= 15 is 0 Å². The molecule has 7 nitrogen and oxygen atoms in total. The Bertz CT molecular complexity index is 1250. The molecule has 31 heavy (non-hydrogen) atoms. The molecule has 8 heteroatoms. The van der Waals surface area contributed by atoms with E-state index < -0.39 is 23.1 Å². The standard InChI is InChI=1S/C23H21ClN2O5/c1-4-13-9-19-17(11-18(13)24)14(10-20(27)31-19)12-26-21(28)23(2,25-22(26)29)15-5-7-16(30-3)8-6-15/h5-11H,4,12H2,1-3H3,(H,25,29). The van der Waals surface area contributed by atoms with Crippen LogP contribution in [0.4, 0.5) is 4.79 Å². The molecule has 160 valence electrons. The van der Waals surface area contributed by atoms with Crippen LogP contribution in [0, 0.1) is 0 Å². The fraction of sp³-hybridized carbons (Fsp3) is 0.261. The summed E-state index contributed by atoms with van der Waals surface area (Å²) >= 11 is 6.35. The van der Waals surface area contributed by atoms with Crippen molar-refractivity contribution < 1.29 is 18.7 Å². The molecule has 1 atom stereocenters. The van der Waals surface area contributed by atoms with Gasteiger partial charge in [0.05, 0.1) is 13.7 Å². The molecule has 0 bridgehead atoms. The van der Waals surface area contributed by atoms with E-state index in [1.54, 1.807) is 50.4 Å². The number of ether oxygens (including phenoxy) is 1. The second-order valence-electron chi connectivity index (χ2n) is 7.56. The highest BCUT2D eigenvalue weighted by Gasteiger charge is 2.49. The Kier molecular flexibility index (Phi) is 5.23. The fourth-order valence-corrected chi connectivity index (χ4v) is 4.12. The maximum Gasteiger partial charge on any atom is 0.336 e. The van der Waals surface area contributed by atoms with Crippen molar-refractivity contribution in [3.8, 4) is 5.75 Å². The van der Waals surface area contributed by atoms with Crippen LogP contribution in [0.25, 0.3) is 11.0 Å². The number of methoxy groups -OCH3 is 1. The molecule has 0 saturated carbocycles. The Morgan fingerprint density at radius 3 is 2.45 bits per heavy atom. The molecule has 1 N–H and O–H groups in total. The van der Waals surface area contributed by atoms with Gasteiger partial charge in [-0.25, -0.2) is 9.59 Å². The zero-order chi connectivity index (χ0) is 22.3. The summed E-state index contributed by atoms with van der Waals surface area (Å²) < 4.78 is 10.5. The first-order chi connectivity index (χ1) is 14.8. The van der Waals surface area contributed by atoms with Crippen molar-refractivity contribution in [2.45, 2.75) is 32.4 Å². The van der Waals surface area contributed by atoms with Gasteiger partial charge in [0.1, 0.15) is 16.9 Å². The number of hydrogen-bond donors (Lipinski definition) is 1. The van der Waals surface area contributed by atoms with E-state index in [0.717, 1.165) is 10.5 Å². The molecular formula is C23H21ClN2O5. The van der Waals surface area contributed by atoms with Gasteiger partial charge < -0.3 is 14.5 Å². The van der Waals surface area contributed by atoms with Crippen LogP contribution in [0.1, 0.15) is 30.5 Å². The van der Waals surface area contributed by atoms with E-state index in [-0.39, 0.29) is 6.54 Å². The molecule has 1 unspecified atom stereocenters. The van der Waals surface area contributed by atoms with Crippen molar-refractivity contribution in [2.24, 2.45) is 0 Å². The molecule has 2 aromatic carbocycles. The van der Waals surface area contributed by atoms with E-state index in [9.17, 15) is 14.4 Å². The third-order valence-electron chi connectivity index (χ3n) is 5.65. The van der Waals surface area contributed by atoms with Crippen molar-refractivity contribution in [1.29, 1.82) is 0 Å². The van der Waals surface area contributed by atoms with Crippen LogP contribution in [0.5, 0.6) is 5.75 Å². The first kappa shape index (κ1) is 20.9. The van der Waals surface area contributed by atoms with E-state index in [0.29, 0.717) is 39.3 Å². The number of aryl methyl sites for hydroxylation is 1. The Balaban J connectivity index is 1.72. The Morgan fingerprint density at radius 1 is 1.10 bits per heavy atom. The van der Waals surface area contributed by atoms with Crippen LogP contribution in [-0.2, 0) is 23.3 Å². The Morgan fingerprint density at radius 2 is 1.81 bits per heavy atom. The summed E-state index contributed by atoms with van der Waals surface area (Å²) in [5.74, 6) is 0.229. The van der Waals surface area contributed by atoms with Crippen LogP contribution in [0.2, 0.25) is 5.02 Å². The summed E-state index contributed by atoms with van der Waals surface area (Å²) in [7, 11) is 1.55. The second kappa shape index (κ2) is 7.74. The number of carbonyl (C=O) groups excluding carboxylic acids is 2. The molecule has 3 amide bonds. The monoisotopic (exact) mass is 440 g/mol. The number of rotatable bonds is 5. The number of nitrogens with one attached hydrogen (secondary N) is 1. The minimum absolute atomic E-state index is 0.0830. The molecule has 0 radical (unpaired) electrons. The van der Waals surface area contributed by atoms with Crippen molar-refractivity contribution in [1.82, 2.24) is 10.2 Å². The maximum absolute atomic E-state index is 13.3. The van der Waals surface area contributed by atoms with Crippen LogP contribution in [0.3, 0.4) is 0 Å². The molecule has 1 aromatic heterocycles. The van der Waals surface area contributed by atoms with E-state index in [4.69, 9.17) is 20.8 Å². The number of nitrogens with zero attached hydrogens (tertiary/aromatic N) is 1. The highest BCUT2D eigenvalue weighted by atomic mass is 35.5. The predicted molar refractivity (Wildman–Crippen MR) is 116 cm³/mol. The third-order valence-corrected chi connectivity index (χ3v) is 6.00. The molecule has 1 aliphatic heterocycles. The second-order valence-corrected chi connectivity index (χ2v) is 7.97. The molecule has 0 spiro atoms. The molecule has 2 heterocycles. The maximum atomic E-state index is 13.3. The normalized spacial score (nSPS) is 18.5. The van der Waals surface area contributed by atoms with Gasteiger partial charge >= 0.3 is 11.7 Å². The minimum Gasteiger partial charge on any atom is -0.497 e. The van der Waals surface area contributed by atoms with Gasteiger partial charge in [0.25, 0.3) is 5.91 Å². The molecule has 1 saturated heterocycles. The SMILES string of the molecule is CCc1cc2oc(=O)cc(CN3C(=O)NC(C)(c4ccc(OC)cc4)C3=O)c2cc1Cl. The van der Waals surface area contributed by atoms with Gasteiger partial charge in [-0.05, 0) is 54.3 Å². The summed E-state index contributed by atoms with van der Waals surface area (Å²) in [6.45, 7) is 3.51. The summed E-state index contributed by atoms with van der Waals surface area (Å²) in [6, 6.07) is 11.1. The van der Waals surface area contributed by atoms with Gasteiger partial charge in [-0.15, -0.1) is 0 Å². The van der Waals surface area contributed by atoms with Gasteiger partial charge in [-0.1, -0.05) is 30.7 Å². The van der Waals surface area contributed by atoms with Gasteiger partial charge in [0, 0.05) is 16.5 Å². The lowest BCUT2D eigenvalue weighted by Crippen LogP contribution is -2.40. The van der Waals surface area contributed by atoms with Gasteiger partial charge in [-0.3, -0.25) is 9.69 Å². The molecule has 3 aromatic rings. The van der Waals surface area contributed by atoms with Crippen LogP contribution < -0.4 is 15.7 Å². The number of hydrogen-bond acceptors (Lipinski definition) is 5. The number of imide groups is 1. The molecule has 0 aliphatic carbocycles. The van der Waals surface area contributed by atoms with E-state index in [1.165, 1.54) is 6.07 Å². The zero-order valence-corrected chi connectivity index (χ0v) is 18.1. The van der Waals surface area contributed by atoms with Crippen molar-refractivity contribution in [3.63, 3.8) is 0 Å². The van der Waals surface area contributed by atoms with Crippen molar-refractivity contribution in [3.05, 3.63) is 74.6 Å². The van der Waals surface area contributed by atoms with E-state index in [1.807, 2.05) is 6.92 Å².